The fourth-order valence-corrected chi connectivity index (χ4v) is 2.90. The van der Waals surface area contributed by atoms with Gasteiger partial charge in [0.1, 0.15) is 5.75 Å². The van der Waals surface area contributed by atoms with Crippen molar-refractivity contribution in [2.75, 3.05) is 72.0 Å². The molecule has 1 aromatic rings. The molecule has 0 atom stereocenters. The number of methoxy groups -OCH3 is 2. The first-order chi connectivity index (χ1) is 12.7. The van der Waals surface area contributed by atoms with Crippen LogP contribution in [0.5, 0.6) is 5.75 Å². The second-order valence-corrected chi connectivity index (χ2v) is 5.89. The number of amides is 1. The maximum absolute atomic E-state index is 11.8. The Morgan fingerprint density at radius 3 is 2.48 bits per heavy atom. The summed E-state index contributed by atoms with van der Waals surface area (Å²) in [4.78, 5) is 20.6. The maximum Gasteiger partial charge on any atom is 0.239 e. The molecule has 0 aliphatic carbocycles. The minimum absolute atomic E-state index is 0. The predicted molar refractivity (Wildman–Crippen MR) is 118 cm³/mol. The maximum atomic E-state index is 11.8. The van der Waals surface area contributed by atoms with Crippen molar-refractivity contribution in [3.63, 3.8) is 0 Å². The van der Waals surface area contributed by atoms with E-state index in [1.54, 1.807) is 21.3 Å². The first-order valence-electron chi connectivity index (χ1n) is 8.78. The third-order valence-corrected chi connectivity index (χ3v) is 4.25. The number of nitrogens with one attached hydrogen (secondary N) is 2. The molecule has 1 aliphatic rings. The number of piperazine rings is 1. The number of carbonyl (C=O) groups excluding carboxylic acids is 1. The number of rotatable bonds is 7. The van der Waals surface area contributed by atoms with Crippen molar-refractivity contribution in [3.05, 3.63) is 24.3 Å². The Morgan fingerprint density at radius 1 is 1.15 bits per heavy atom. The number of halogens is 1. The number of carbonyl (C=O) groups is 1. The van der Waals surface area contributed by atoms with Crippen LogP contribution in [0, 0.1) is 0 Å². The number of nitrogens with zero attached hydrogens (tertiary/aromatic N) is 3. The van der Waals surface area contributed by atoms with Crippen molar-refractivity contribution in [2.45, 2.75) is 0 Å². The van der Waals surface area contributed by atoms with E-state index in [9.17, 15) is 4.79 Å². The molecule has 0 unspecified atom stereocenters. The molecule has 152 valence electrons. The predicted octanol–water partition coefficient (Wildman–Crippen LogP) is 0.773. The number of guanidine groups is 1. The molecule has 1 aromatic carbocycles. The highest BCUT2D eigenvalue weighted by atomic mass is 127. The van der Waals surface area contributed by atoms with Gasteiger partial charge in [-0.05, 0) is 12.1 Å². The van der Waals surface area contributed by atoms with Crippen LogP contribution in [0.1, 0.15) is 0 Å². The zero-order chi connectivity index (χ0) is 18.8. The van der Waals surface area contributed by atoms with Crippen LogP contribution < -0.4 is 20.3 Å². The van der Waals surface area contributed by atoms with Crippen molar-refractivity contribution in [3.8, 4) is 5.75 Å². The van der Waals surface area contributed by atoms with E-state index in [0.29, 0.717) is 13.2 Å². The fourth-order valence-electron chi connectivity index (χ4n) is 2.90. The van der Waals surface area contributed by atoms with E-state index < -0.39 is 0 Å². The SMILES string of the molecule is CN=C(NCC(=O)NCCOC)N1CCN(c2ccccc2OC)CC1.I. The van der Waals surface area contributed by atoms with Crippen LogP contribution in [0.15, 0.2) is 29.3 Å². The minimum atomic E-state index is -0.0733. The standard InChI is InChI=1S/C18H29N5O3.HI/c1-19-18(21-14-17(24)20-8-13-25-2)23-11-9-22(10-12-23)15-6-4-5-7-16(15)26-3;/h4-7H,8-14H2,1-3H3,(H,19,21)(H,20,24);1H. The molecule has 8 nitrogen and oxygen atoms in total. The first-order valence-corrected chi connectivity index (χ1v) is 8.78. The molecule has 0 bridgehead atoms. The number of hydrogen-bond donors (Lipinski definition) is 2. The Balaban J connectivity index is 0.00000364. The third kappa shape index (κ3) is 7.06. The van der Waals surface area contributed by atoms with Crippen LogP contribution in [-0.2, 0) is 9.53 Å². The van der Waals surface area contributed by atoms with Gasteiger partial charge in [-0.15, -0.1) is 24.0 Å². The van der Waals surface area contributed by atoms with E-state index in [4.69, 9.17) is 9.47 Å². The largest absolute Gasteiger partial charge is 0.495 e. The summed E-state index contributed by atoms with van der Waals surface area (Å²) >= 11 is 0. The molecule has 0 spiro atoms. The van der Waals surface area contributed by atoms with Crippen molar-refractivity contribution in [1.29, 1.82) is 0 Å². The van der Waals surface area contributed by atoms with E-state index in [1.807, 2.05) is 18.2 Å². The van der Waals surface area contributed by atoms with E-state index in [2.05, 4.69) is 31.5 Å². The third-order valence-electron chi connectivity index (χ3n) is 4.25. The molecule has 0 aromatic heterocycles. The summed E-state index contributed by atoms with van der Waals surface area (Å²) in [6, 6.07) is 8.05. The second-order valence-electron chi connectivity index (χ2n) is 5.89. The summed E-state index contributed by atoms with van der Waals surface area (Å²) in [5, 5.41) is 5.91. The Morgan fingerprint density at radius 2 is 1.85 bits per heavy atom. The number of aliphatic imine (C=N–C) groups is 1. The van der Waals surface area contributed by atoms with Gasteiger partial charge in [-0.3, -0.25) is 9.79 Å². The molecule has 1 saturated heterocycles. The summed E-state index contributed by atoms with van der Waals surface area (Å²) in [7, 11) is 5.03. The molecule has 2 N–H and O–H groups in total. The highest BCUT2D eigenvalue weighted by Gasteiger charge is 2.21. The van der Waals surface area contributed by atoms with Crippen LogP contribution >= 0.6 is 24.0 Å². The molecule has 27 heavy (non-hydrogen) atoms. The molecular weight excluding hydrogens is 461 g/mol. The van der Waals surface area contributed by atoms with E-state index in [0.717, 1.165) is 43.6 Å². The Kier molecular flexibility index (Phi) is 10.9. The Hall–Kier alpha value is -1.75. The quantitative estimate of drug-likeness (QED) is 0.254. The minimum Gasteiger partial charge on any atom is -0.495 e. The molecule has 1 heterocycles. The monoisotopic (exact) mass is 491 g/mol. The lowest BCUT2D eigenvalue weighted by Gasteiger charge is -2.38. The smallest absolute Gasteiger partial charge is 0.239 e. The van der Waals surface area contributed by atoms with Gasteiger partial charge in [-0.1, -0.05) is 12.1 Å². The zero-order valence-electron chi connectivity index (χ0n) is 16.2. The summed E-state index contributed by atoms with van der Waals surface area (Å²) in [5.41, 5.74) is 1.11. The molecule has 1 amide bonds. The molecular formula is C18H30IN5O3. The van der Waals surface area contributed by atoms with Crippen LogP contribution in [0.2, 0.25) is 0 Å². The fraction of sp³-hybridized carbons (Fsp3) is 0.556. The van der Waals surface area contributed by atoms with Crippen molar-refractivity contribution >= 4 is 41.5 Å². The molecule has 0 saturated carbocycles. The van der Waals surface area contributed by atoms with Gasteiger partial charge in [0.2, 0.25) is 5.91 Å². The van der Waals surface area contributed by atoms with Gasteiger partial charge >= 0.3 is 0 Å². The molecule has 2 rings (SSSR count). The number of ether oxygens (including phenoxy) is 2. The van der Waals surface area contributed by atoms with Gasteiger partial charge in [0.15, 0.2) is 5.96 Å². The Labute approximate surface area is 178 Å². The van der Waals surface area contributed by atoms with Gasteiger partial charge in [-0.2, -0.15) is 0 Å². The average Bonchev–Trinajstić information content (AvgIpc) is 2.69. The van der Waals surface area contributed by atoms with Gasteiger partial charge in [-0.25, -0.2) is 0 Å². The van der Waals surface area contributed by atoms with Crippen molar-refractivity contribution in [1.82, 2.24) is 15.5 Å². The second kappa shape index (κ2) is 12.6. The molecule has 9 heteroatoms. The van der Waals surface area contributed by atoms with E-state index in [1.165, 1.54) is 0 Å². The zero-order valence-corrected chi connectivity index (χ0v) is 18.6. The molecule has 1 fully saturated rings. The lowest BCUT2D eigenvalue weighted by Crippen LogP contribution is -2.53. The molecule has 0 radical (unpaired) electrons. The summed E-state index contributed by atoms with van der Waals surface area (Å²) in [6.07, 6.45) is 0. The van der Waals surface area contributed by atoms with Crippen molar-refractivity contribution in [2.24, 2.45) is 4.99 Å². The normalized spacial score (nSPS) is 14.4. The number of benzene rings is 1. The van der Waals surface area contributed by atoms with E-state index in [-0.39, 0.29) is 36.4 Å². The van der Waals surface area contributed by atoms with Gasteiger partial charge in [0.25, 0.3) is 0 Å². The van der Waals surface area contributed by atoms with Gasteiger partial charge in [0, 0.05) is 46.9 Å². The van der Waals surface area contributed by atoms with Gasteiger partial charge in [0.05, 0.1) is 25.9 Å². The Bertz CT molecular complexity index is 606. The van der Waals surface area contributed by atoms with Gasteiger partial charge < -0.3 is 29.9 Å². The van der Waals surface area contributed by atoms with Crippen LogP contribution in [0.3, 0.4) is 0 Å². The molecule has 1 aliphatic heterocycles. The first kappa shape index (κ1) is 23.3. The number of anilines is 1. The summed E-state index contributed by atoms with van der Waals surface area (Å²) in [5.74, 6) is 1.55. The van der Waals surface area contributed by atoms with Crippen LogP contribution in [0.25, 0.3) is 0 Å². The average molecular weight is 491 g/mol. The highest BCUT2D eigenvalue weighted by Crippen LogP contribution is 2.28. The highest BCUT2D eigenvalue weighted by molar-refractivity contribution is 14.0. The van der Waals surface area contributed by atoms with Crippen molar-refractivity contribution < 1.29 is 14.3 Å². The number of hydrogen-bond acceptors (Lipinski definition) is 5. The summed E-state index contributed by atoms with van der Waals surface area (Å²) in [6.45, 7) is 4.58. The topological polar surface area (TPSA) is 78.4 Å². The van der Waals surface area contributed by atoms with Crippen LogP contribution in [0.4, 0.5) is 5.69 Å². The summed E-state index contributed by atoms with van der Waals surface area (Å²) < 4.78 is 10.4. The van der Waals surface area contributed by atoms with Crippen LogP contribution in [-0.4, -0.2) is 83.9 Å². The lowest BCUT2D eigenvalue weighted by molar-refractivity contribution is -0.120. The lowest BCUT2D eigenvalue weighted by atomic mass is 10.2. The van der Waals surface area contributed by atoms with E-state index >= 15 is 0 Å². The number of para-hydroxylation sites is 2.